The lowest BCUT2D eigenvalue weighted by atomic mass is 9.89. The van der Waals surface area contributed by atoms with Gasteiger partial charge in [0.15, 0.2) is 4.75 Å². The van der Waals surface area contributed by atoms with Crippen LogP contribution in [-0.2, 0) is 9.48 Å². The monoisotopic (exact) mass is 489 g/mol. The summed E-state index contributed by atoms with van der Waals surface area (Å²) < 4.78 is 49.0. The van der Waals surface area contributed by atoms with Gasteiger partial charge < -0.3 is 4.74 Å². The molecular weight excluding hydrogens is 474 g/mol. The van der Waals surface area contributed by atoms with Crippen LogP contribution in [0, 0.1) is 12.3 Å². The van der Waals surface area contributed by atoms with Crippen LogP contribution in [-0.4, -0.2) is 30.9 Å². The lowest BCUT2D eigenvalue weighted by Gasteiger charge is -2.30. The van der Waals surface area contributed by atoms with Crippen molar-refractivity contribution >= 4 is 52.8 Å². The maximum absolute atomic E-state index is 14.2. The predicted octanol–water partition coefficient (Wildman–Crippen LogP) is 5.91. The highest BCUT2D eigenvalue weighted by molar-refractivity contribution is 7.99. The Morgan fingerprint density at radius 3 is 2.42 bits per heavy atom. The third-order valence-electron chi connectivity index (χ3n) is 4.75. The molecule has 3 rings (SSSR count). The highest BCUT2D eigenvalue weighted by atomic mass is 35.5. The van der Waals surface area contributed by atoms with Crippen molar-refractivity contribution in [1.29, 1.82) is 5.41 Å². The fourth-order valence-corrected chi connectivity index (χ4v) is 4.66. The van der Waals surface area contributed by atoms with Gasteiger partial charge in [0, 0.05) is 22.0 Å². The Balaban J connectivity index is 1.93. The topological polar surface area (TPSA) is 74.5 Å². The highest BCUT2D eigenvalue weighted by Gasteiger charge is 2.60. The van der Waals surface area contributed by atoms with Crippen LogP contribution in [0.3, 0.4) is 0 Å². The lowest BCUT2D eigenvalue weighted by Crippen LogP contribution is -2.38. The molecule has 2 aromatic carbocycles. The summed E-state index contributed by atoms with van der Waals surface area (Å²) in [5.74, 6) is -0.558. The van der Waals surface area contributed by atoms with Crippen LogP contribution in [0.5, 0.6) is 0 Å². The molecule has 1 heterocycles. The standard InChI is InChI=1S/C20H16Cl2F3N3O2S/c1-10-5-11(3-4-15(10)17(29)27-18(26)30-2)16-9-19(31-28-16,20(23,24)25)12-6-13(21)8-14(22)7-12/h3-8H,9H2,1-2H3,(H2,26,27,29). The number of nitrogens with zero attached hydrogens (tertiary/aromatic N) is 1. The molecule has 31 heavy (non-hydrogen) atoms. The molecule has 0 fully saturated rings. The van der Waals surface area contributed by atoms with Gasteiger partial charge in [0.1, 0.15) is 0 Å². The number of ether oxygens (including phenoxy) is 1. The van der Waals surface area contributed by atoms with Crippen LogP contribution in [0.1, 0.15) is 33.5 Å². The summed E-state index contributed by atoms with van der Waals surface area (Å²) in [6.45, 7) is 1.64. The number of benzene rings is 2. The van der Waals surface area contributed by atoms with E-state index in [0.29, 0.717) is 23.1 Å². The second kappa shape index (κ2) is 8.72. The van der Waals surface area contributed by atoms with E-state index in [9.17, 15) is 18.0 Å². The van der Waals surface area contributed by atoms with Crippen LogP contribution in [0.15, 0.2) is 40.8 Å². The number of hydrogen-bond acceptors (Lipinski definition) is 5. The Labute approximate surface area is 190 Å². The first-order chi connectivity index (χ1) is 14.5. The third-order valence-corrected chi connectivity index (χ3v) is 6.42. The largest absolute Gasteiger partial charge is 0.468 e. The zero-order valence-corrected chi connectivity index (χ0v) is 18.6. The minimum atomic E-state index is -4.62. The molecule has 1 atom stereocenters. The molecule has 0 radical (unpaired) electrons. The summed E-state index contributed by atoms with van der Waals surface area (Å²) in [5.41, 5.74) is 1.40. The van der Waals surface area contributed by atoms with Crippen LogP contribution in [0.2, 0.25) is 10.0 Å². The number of carbonyl (C=O) groups excluding carboxylic acids is 1. The fraction of sp³-hybridized carbons (Fsp3) is 0.250. The summed E-state index contributed by atoms with van der Waals surface area (Å²) in [5, 5.41) is 9.84. The molecule has 164 valence electrons. The first kappa shape index (κ1) is 23.4. The second-order valence-corrected chi connectivity index (χ2v) is 8.74. The van der Waals surface area contributed by atoms with Gasteiger partial charge in [-0.3, -0.25) is 15.5 Å². The Kier molecular flexibility index (Phi) is 6.59. The molecule has 0 saturated carbocycles. The molecule has 0 aliphatic carbocycles. The van der Waals surface area contributed by atoms with Crippen molar-refractivity contribution in [2.45, 2.75) is 24.3 Å². The van der Waals surface area contributed by atoms with E-state index in [1.54, 1.807) is 13.0 Å². The Morgan fingerprint density at radius 2 is 1.87 bits per heavy atom. The number of nitrogens with one attached hydrogen (secondary N) is 2. The maximum atomic E-state index is 14.2. The number of amidine groups is 1. The minimum Gasteiger partial charge on any atom is -0.468 e. The van der Waals surface area contributed by atoms with Crippen molar-refractivity contribution in [1.82, 2.24) is 5.32 Å². The number of methoxy groups -OCH3 is 1. The lowest BCUT2D eigenvalue weighted by molar-refractivity contribution is -0.159. The first-order valence-corrected chi connectivity index (χ1v) is 10.3. The van der Waals surface area contributed by atoms with Crippen molar-refractivity contribution < 1.29 is 22.7 Å². The number of carbonyl (C=O) groups is 1. The number of alkyl halides is 3. The molecule has 1 aliphatic heterocycles. The van der Waals surface area contributed by atoms with Crippen LogP contribution >= 0.6 is 35.1 Å². The normalized spacial score (nSPS) is 18.5. The molecule has 5 nitrogen and oxygen atoms in total. The van der Waals surface area contributed by atoms with Crippen molar-refractivity contribution in [3.63, 3.8) is 0 Å². The predicted molar refractivity (Wildman–Crippen MR) is 116 cm³/mol. The molecule has 2 N–H and O–H groups in total. The average molecular weight is 490 g/mol. The molecule has 11 heteroatoms. The summed E-state index contributed by atoms with van der Waals surface area (Å²) in [6, 6.07) is 8.03. The minimum absolute atomic E-state index is 0.0768. The Hall–Kier alpha value is -2.23. The molecule has 1 aliphatic rings. The van der Waals surface area contributed by atoms with E-state index in [2.05, 4.69) is 14.5 Å². The van der Waals surface area contributed by atoms with E-state index in [1.165, 1.54) is 37.4 Å². The van der Waals surface area contributed by atoms with E-state index < -0.39 is 29.3 Å². The first-order valence-electron chi connectivity index (χ1n) is 8.80. The number of aryl methyl sites for hydroxylation is 1. The van der Waals surface area contributed by atoms with Gasteiger partial charge in [-0.2, -0.15) is 13.2 Å². The molecule has 1 unspecified atom stereocenters. The molecule has 0 aromatic heterocycles. The summed E-state index contributed by atoms with van der Waals surface area (Å²) in [7, 11) is 1.24. The zero-order chi connectivity index (χ0) is 23.0. The molecule has 0 spiro atoms. The van der Waals surface area contributed by atoms with E-state index in [0.717, 1.165) is 0 Å². The second-order valence-electron chi connectivity index (χ2n) is 6.81. The summed E-state index contributed by atoms with van der Waals surface area (Å²) >= 11 is 12.3. The van der Waals surface area contributed by atoms with E-state index in [1.807, 2.05) is 0 Å². The number of halogens is 5. The summed E-state index contributed by atoms with van der Waals surface area (Å²) in [4.78, 5) is 12.2. The molecular formula is C20H16Cl2F3N3O2S. The SMILES string of the molecule is COC(=N)NC(=O)c1ccc(C2=NSC(c3cc(Cl)cc(Cl)c3)(C(F)(F)F)C2)cc1C. The molecule has 1 amide bonds. The third kappa shape index (κ3) is 4.68. The van der Waals surface area contributed by atoms with Crippen LogP contribution in [0.4, 0.5) is 13.2 Å². The zero-order valence-electron chi connectivity index (χ0n) is 16.2. The van der Waals surface area contributed by atoms with Gasteiger partial charge in [-0.15, -0.1) is 0 Å². The Bertz CT molecular complexity index is 1070. The molecule has 2 aromatic rings. The van der Waals surface area contributed by atoms with Crippen molar-refractivity contribution in [2.24, 2.45) is 4.40 Å². The number of hydrogen-bond donors (Lipinski definition) is 2. The van der Waals surface area contributed by atoms with E-state index in [4.69, 9.17) is 28.6 Å². The maximum Gasteiger partial charge on any atom is 0.409 e. The van der Waals surface area contributed by atoms with Gasteiger partial charge >= 0.3 is 6.18 Å². The molecule has 0 bridgehead atoms. The van der Waals surface area contributed by atoms with Gasteiger partial charge in [0.2, 0.25) is 0 Å². The average Bonchev–Trinajstić information content (AvgIpc) is 3.13. The van der Waals surface area contributed by atoms with E-state index >= 15 is 0 Å². The fourth-order valence-electron chi connectivity index (χ4n) is 3.16. The van der Waals surface area contributed by atoms with Gasteiger partial charge in [0.25, 0.3) is 11.9 Å². The Morgan fingerprint density at radius 1 is 1.23 bits per heavy atom. The van der Waals surface area contributed by atoms with E-state index in [-0.39, 0.29) is 26.9 Å². The van der Waals surface area contributed by atoms with Gasteiger partial charge in [-0.05, 0) is 65.9 Å². The van der Waals surface area contributed by atoms with Crippen molar-refractivity contribution in [3.8, 4) is 0 Å². The quantitative estimate of drug-likeness (QED) is 0.319. The van der Waals surface area contributed by atoms with Gasteiger partial charge in [0.05, 0.1) is 12.8 Å². The van der Waals surface area contributed by atoms with Crippen LogP contribution < -0.4 is 5.32 Å². The van der Waals surface area contributed by atoms with Gasteiger partial charge in [-0.1, -0.05) is 29.3 Å². The summed E-state index contributed by atoms with van der Waals surface area (Å²) in [6.07, 6.45) is -5.04. The smallest absolute Gasteiger partial charge is 0.409 e. The number of amides is 1. The highest BCUT2D eigenvalue weighted by Crippen LogP contribution is 2.57. The van der Waals surface area contributed by atoms with Gasteiger partial charge in [-0.25, -0.2) is 4.40 Å². The van der Waals surface area contributed by atoms with Crippen LogP contribution in [0.25, 0.3) is 0 Å². The molecule has 0 saturated heterocycles. The van der Waals surface area contributed by atoms with Crippen molar-refractivity contribution in [3.05, 3.63) is 68.7 Å². The number of rotatable bonds is 3. The van der Waals surface area contributed by atoms with Crippen molar-refractivity contribution in [2.75, 3.05) is 7.11 Å².